The number of fused-ring (bicyclic) bond motifs is 2. The van der Waals surface area contributed by atoms with Gasteiger partial charge in [0, 0.05) is 5.41 Å². The van der Waals surface area contributed by atoms with Crippen molar-refractivity contribution in [3.63, 3.8) is 0 Å². The summed E-state index contributed by atoms with van der Waals surface area (Å²) in [5.74, 6) is -0.201. The first-order valence-electron chi connectivity index (χ1n) is 8.44. The molecule has 0 radical (unpaired) electrons. The molecule has 3 unspecified atom stereocenters. The molecule has 3 atom stereocenters. The van der Waals surface area contributed by atoms with Crippen molar-refractivity contribution in [2.45, 2.75) is 79.2 Å². The zero-order valence-electron chi connectivity index (χ0n) is 14.7. The lowest BCUT2D eigenvalue weighted by Crippen LogP contribution is -2.37. The molecule has 1 saturated carbocycles. The molecule has 4 nitrogen and oxygen atoms in total. The number of esters is 2. The maximum absolute atomic E-state index is 12.2. The van der Waals surface area contributed by atoms with E-state index < -0.39 is 5.41 Å². The molecule has 0 amide bonds. The van der Waals surface area contributed by atoms with E-state index in [9.17, 15) is 9.59 Å². The molecule has 0 N–H and O–H groups in total. The van der Waals surface area contributed by atoms with Crippen LogP contribution in [0.2, 0.25) is 0 Å². The normalized spacial score (nSPS) is 35.5. The van der Waals surface area contributed by atoms with Gasteiger partial charge in [-0.2, -0.15) is 0 Å². The molecule has 126 valence electrons. The number of carbonyl (C=O) groups excluding carboxylic acids is 2. The van der Waals surface area contributed by atoms with Gasteiger partial charge in [0.2, 0.25) is 0 Å². The van der Waals surface area contributed by atoms with Gasteiger partial charge >= 0.3 is 11.9 Å². The summed E-state index contributed by atoms with van der Waals surface area (Å²) in [7, 11) is 0. The summed E-state index contributed by atoms with van der Waals surface area (Å²) in [6.45, 7) is 10.6. The van der Waals surface area contributed by atoms with Crippen LogP contribution < -0.4 is 0 Å². The van der Waals surface area contributed by atoms with Gasteiger partial charge in [-0.3, -0.25) is 9.59 Å². The van der Waals surface area contributed by atoms with Crippen LogP contribution in [0.15, 0.2) is 0 Å². The van der Waals surface area contributed by atoms with Gasteiger partial charge in [0.05, 0.1) is 18.4 Å². The number of hydrogen-bond donors (Lipinski definition) is 0. The summed E-state index contributed by atoms with van der Waals surface area (Å²) >= 11 is 0. The topological polar surface area (TPSA) is 52.6 Å². The highest BCUT2D eigenvalue weighted by Gasteiger charge is 2.46. The van der Waals surface area contributed by atoms with E-state index >= 15 is 0 Å². The average Bonchev–Trinajstić information content (AvgIpc) is 2.49. The van der Waals surface area contributed by atoms with Crippen molar-refractivity contribution in [3.05, 3.63) is 0 Å². The van der Waals surface area contributed by atoms with Crippen molar-refractivity contribution in [1.82, 2.24) is 0 Å². The summed E-state index contributed by atoms with van der Waals surface area (Å²) < 4.78 is 11.1. The van der Waals surface area contributed by atoms with E-state index in [0.717, 1.165) is 32.1 Å². The minimum absolute atomic E-state index is 0.0298. The van der Waals surface area contributed by atoms with E-state index in [4.69, 9.17) is 9.47 Å². The maximum Gasteiger partial charge on any atom is 0.311 e. The van der Waals surface area contributed by atoms with E-state index in [2.05, 4.69) is 13.8 Å². The second kappa shape index (κ2) is 5.86. The maximum atomic E-state index is 12.2. The molecule has 2 bridgehead atoms. The zero-order valence-corrected chi connectivity index (χ0v) is 14.7. The van der Waals surface area contributed by atoms with Gasteiger partial charge in [-0.1, -0.05) is 20.8 Å². The smallest absolute Gasteiger partial charge is 0.311 e. The molecule has 1 saturated heterocycles. The van der Waals surface area contributed by atoms with Crippen LogP contribution in [0, 0.1) is 16.2 Å². The molecule has 2 rings (SSSR count). The Kier molecular flexibility index (Phi) is 4.61. The van der Waals surface area contributed by atoms with Crippen LogP contribution in [0.4, 0.5) is 0 Å². The molecule has 4 heteroatoms. The Morgan fingerprint density at radius 1 is 1.41 bits per heavy atom. The first-order chi connectivity index (χ1) is 10.1. The third-order valence-corrected chi connectivity index (χ3v) is 5.50. The fraction of sp³-hybridized carbons (Fsp3) is 0.889. The third-order valence-electron chi connectivity index (χ3n) is 5.50. The lowest BCUT2D eigenvalue weighted by Gasteiger charge is -2.39. The third kappa shape index (κ3) is 3.82. The van der Waals surface area contributed by atoms with Crippen LogP contribution >= 0.6 is 0 Å². The number of hydrogen-bond acceptors (Lipinski definition) is 4. The highest BCUT2D eigenvalue weighted by atomic mass is 16.5. The lowest BCUT2D eigenvalue weighted by molar-refractivity contribution is -0.162. The van der Waals surface area contributed by atoms with Crippen LogP contribution in [-0.2, 0) is 19.1 Å². The molecule has 2 aliphatic rings. The molecular formula is C18H30O4. The standard InChI is InChI=1S/C18H30O4/c1-6-16(2,3)15(20)21-12-17(4)8-7-13-9-18(5,11-17)10-14(19)22-13/h13H,6-12H2,1-5H3. The Balaban J connectivity index is 2.04. The highest BCUT2D eigenvalue weighted by Crippen LogP contribution is 2.49. The monoisotopic (exact) mass is 310 g/mol. The van der Waals surface area contributed by atoms with Crippen LogP contribution in [0.5, 0.6) is 0 Å². The lowest BCUT2D eigenvalue weighted by atomic mass is 9.70. The van der Waals surface area contributed by atoms with Gasteiger partial charge < -0.3 is 9.47 Å². The van der Waals surface area contributed by atoms with Crippen LogP contribution in [0.1, 0.15) is 73.1 Å². The van der Waals surface area contributed by atoms with E-state index in [1.807, 2.05) is 20.8 Å². The van der Waals surface area contributed by atoms with Crippen molar-refractivity contribution in [3.8, 4) is 0 Å². The Morgan fingerprint density at radius 3 is 2.73 bits per heavy atom. The number of carbonyl (C=O) groups is 2. The second-order valence-electron chi connectivity index (χ2n) is 8.64. The van der Waals surface area contributed by atoms with Crippen molar-refractivity contribution < 1.29 is 19.1 Å². The van der Waals surface area contributed by atoms with Gasteiger partial charge in [-0.25, -0.2) is 0 Å². The van der Waals surface area contributed by atoms with Crippen molar-refractivity contribution in [2.75, 3.05) is 6.61 Å². The first-order valence-corrected chi connectivity index (χ1v) is 8.44. The van der Waals surface area contributed by atoms with Crippen molar-refractivity contribution >= 4 is 11.9 Å². The fourth-order valence-corrected chi connectivity index (χ4v) is 3.87. The summed E-state index contributed by atoms with van der Waals surface area (Å²) in [6, 6.07) is 0. The number of rotatable bonds is 4. The SMILES string of the molecule is CCC(C)(C)C(=O)OCC1(C)CCC2CC(C)(CC(=O)O2)C1. The Bertz CT molecular complexity index is 456. The van der Waals surface area contributed by atoms with E-state index in [1.165, 1.54) is 0 Å². The van der Waals surface area contributed by atoms with Crippen molar-refractivity contribution in [2.24, 2.45) is 16.2 Å². The Morgan fingerprint density at radius 2 is 2.09 bits per heavy atom. The zero-order chi connectivity index (χ0) is 16.6. The number of ether oxygens (including phenoxy) is 2. The van der Waals surface area contributed by atoms with Crippen LogP contribution in [0.3, 0.4) is 0 Å². The van der Waals surface area contributed by atoms with Gasteiger partial charge in [-0.05, 0) is 51.4 Å². The van der Waals surface area contributed by atoms with Gasteiger partial charge in [0.1, 0.15) is 6.10 Å². The quantitative estimate of drug-likeness (QED) is 0.740. The summed E-state index contributed by atoms with van der Waals surface area (Å²) in [5, 5.41) is 0. The van der Waals surface area contributed by atoms with Crippen molar-refractivity contribution in [1.29, 1.82) is 0 Å². The highest BCUT2D eigenvalue weighted by molar-refractivity contribution is 5.75. The molecule has 2 fully saturated rings. The molecular weight excluding hydrogens is 280 g/mol. The largest absolute Gasteiger partial charge is 0.465 e. The molecule has 0 aromatic rings. The Hall–Kier alpha value is -1.06. The molecule has 0 aromatic heterocycles. The predicted molar refractivity (Wildman–Crippen MR) is 84.2 cm³/mol. The predicted octanol–water partition coefficient (Wildman–Crippen LogP) is 3.87. The summed E-state index contributed by atoms with van der Waals surface area (Å²) in [4.78, 5) is 24.0. The molecule has 1 aliphatic heterocycles. The molecule has 1 heterocycles. The second-order valence-corrected chi connectivity index (χ2v) is 8.64. The Labute approximate surface area is 133 Å². The van der Waals surface area contributed by atoms with Gasteiger partial charge in [0.25, 0.3) is 0 Å². The van der Waals surface area contributed by atoms with Crippen LogP contribution in [0.25, 0.3) is 0 Å². The van der Waals surface area contributed by atoms with Gasteiger partial charge in [0.15, 0.2) is 0 Å². The minimum atomic E-state index is -0.431. The fourth-order valence-electron chi connectivity index (χ4n) is 3.87. The van der Waals surface area contributed by atoms with E-state index in [0.29, 0.717) is 13.0 Å². The van der Waals surface area contributed by atoms with E-state index in [-0.39, 0.29) is 28.9 Å². The van der Waals surface area contributed by atoms with E-state index in [1.54, 1.807) is 0 Å². The minimum Gasteiger partial charge on any atom is -0.465 e. The molecule has 22 heavy (non-hydrogen) atoms. The molecule has 0 spiro atoms. The average molecular weight is 310 g/mol. The molecule has 1 aliphatic carbocycles. The summed E-state index contributed by atoms with van der Waals surface area (Å²) in [6.07, 6.45) is 4.93. The van der Waals surface area contributed by atoms with Gasteiger partial charge in [-0.15, -0.1) is 0 Å². The first kappa shape index (κ1) is 17.3. The molecule has 0 aromatic carbocycles. The van der Waals surface area contributed by atoms with Crippen LogP contribution in [-0.4, -0.2) is 24.6 Å². The summed E-state index contributed by atoms with van der Waals surface area (Å²) in [5.41, 5.74) is -0.533.